The van der Waals surface area contributed by atoms with Crippen molar-refractivity contribution in [1.29, 1.82) is 0 Å². The van der Waals surface area contributed by atoms with E-state index in [-0.39, 0.29) is 0 Å². The molecule has 1 nitrogen and oxygen atoms in total. The van der Waals surface area contributed by atoms with Crippen LogP contribution in [0.3, 0.4) is 0 Å². The van der Waals surface area contributed by atoms with Gasteiger partial charge in [-0.05, 0) is 36.2 Å². The maximum atomic E-state index is 6.03. The molecule has 0 saturated carbocycles. The molecule has 0 N–H and O–H groups in total. The minimum atomic E-state index is 0.525. The van der Waals surface area contributed by atoms with E-state index < -0.39 is 0 Å². The Bertz CT molecular complexity index is 566. The molecule has 0 atom stereocenters. The fourth-order valence-electron chi connectivity index (χ4n) is 2.19. The fraction of sp³-hybridized carbons (Fsp3) is 0.250. The zero-order valence-electron chi connectivity index (χ0n) is 11.2. The number of benzene rings is 2. The Labute approximate surface area is 124 Å². The van der Waals surface area contributed by atoms with Crippen molar-refractivity contribution >= 4 is 28.9 Å². The highest BCUT2D eigenvalue weighted by molar-refractivity contribution is 6.30. The Hall–Kier alpha value is -1.18. The van der Waals surface area contributed by atoms with Crippen LogP contribution in [0.5, 0.6) is 0 Å². The van der Waals surface area contributed by atoms with Gasteiger partial charge in [0.2, 0.25) is 0 Å². The average molecular weight is 294 g/mol. The molecule has 0 aliphatic heterocycles. The number of aryl methyl sites for hydroxylation is 1. The molecule has 0 heterocycles. The Balaban J connectivity index is 2.22. The summed E-state index contributed by atoms with van der Waals surface area (Å²) >= 11 is 12.0. The molecule has 0 radical (unpaired) electrons. The van der Waals surface area contributed by atoms with Gasteiger partial charge in [0.25, 0.3) is 0 Å². The number of hydrogen-bond acceptors (Lipinski definition) is 1. The molecule has 0 bridgehead atoms. The van der Waals surface area contributed by atoms with Crippen LogP contribution in [0.25, 0.3) is 0 Å². The van der Waals surface area contributed by atoms with Gasteiger partial charge in [-0.3, -0.25) is 0 Å². The number of hydrogen-bond donors (Lipinski definition) is 0. The van der Waals surface area contributed by atoms with Crippen molar-refractivity contribution in [2.45, 2.75) is 19.3 Å². The Morgan fingerprint density at radius 2 is 1.89 bits per heavy atom. The van der Waals surface area contributed by atoms with E-state index in [9.17, 15) is 0 Å². The van der Waals surface area contributed by atoms with Gasteiger partial charge in [-0.15, -0.1) is 11.6 Å². The maximum Gasteiger partial charge on any atom is 0.0494 e. The van der Waals surface area contributed by atoms with Crippen molar-refractivity contribution in [1.82, 2.24) is 0 Å². The van der Waals surface area contributed by atoms with Crippen molar-refractivity contribution in [3.8, 4) is 0 Å². The third-order valence-electron chi connectivity index (χ3n) is 3.10. The van der Waals surface area contributed by atoms with Gasteiger partial charge in [-0.1, -0.05) is 41.4 Å². The molecule has 2 rings (SSSR count). The molecule has 0 saturated heterocycles. The summed E-state index contributed by atoms with van der Waals surface area (Å²) in [5.41, 5.74) is 4.75. The van der Waals surface area contributed by atoms with Gasteiger partial charge in [-0.2, -0.15) is 0 Å². The van der Waals surface area contributed by atoms with E-state index in [1.807, 2.05) is 18.2 Å². The summed E-state index contributed by atoms with van der Waals surface area (Å²) in [6.07, 6.45) is 0. The van der Waals surface area contributed by atoms with E-state index in [1.54, 1.807) is 0 Å². The van der Waals surface area contributed by atoms with Crippen molar-refractivity contribution in [2.75, 3.05) is 11.9 Å². The molecule has 0 spiro atoms. The normalized spacial score (nSPS) is 10.5. The summed E-state index contributed by atoms with van der Waals surface area (Å²) in [6.45, 7) is 2.89. The lowest BCUT2D eigenvalue weighted by Crippen LogP contribution is -2.17. The minimum absolute atomic E-state index is 0.525. The Kier molecular flexibility index (Phi) is 4.73. The van der Waals surface area contributed by atoms with Gasteiger partial charge in [0.15, 0.2) is 0 Å². The van der Waals surface area contributed by atoms with E-state index in [4.69, 9.17) is 23.2 Å². The molecule has 2 aromatic carbocycles. The highest BCUT2D eigenvalue weighted by Crippen LogP contribution is 2.24. The molecule has 0 aliphatic rings. The third-order valence-corrected chi connectivity index (χ3v) is 3.62. The van der Waals surface area contributed by atoms with Gasteiger partial charge >= 0.3 is 0 Å². The van der Waals surface area contributed by atoms with Gasteiger partial charge in [0, 0.05) is 30.2 Å². The minimum Gasteiger partial charge on any atom is -0.370 e. The molecule has 2 aromatic rings. The Morgan fingerprint density at radius 3 is 2.58 bits per heavy atom. The summed E-state index contributed by atoms with van der Waals surface area (Å²) in [6, 6.07) is 14.3. The van der Waals surface area contributed by atoms with E-state index >= 15 is 0 Å². The molecule has 0 amide bonds. The molecule has 100 valence electrons. The first kappa shape index (κ1) is 14.2. The molecule has 3 heteroatoms. The fourth-order valence-corrected chi connectivity index (χ4v) is 2.62. The van der Waals surface area contributed by atoms with Gasteiger partial charge in [0.05, 0.1) is 0 Å². The van der Waals surface area contributed by atoms with Crippen molar-refractivity contribution < 1.29 is 0 Å². The maximum absolute atomic E-state index is 6.03. The summed E-state index contributed by atoms with van der Waals surface area (Å²) in [4.78, 5) is 2.20. The van der Waals surface area contributed by atoms with Crippen LogP contribution in [0.4, 0.5) is 5.69 Å². The van der Waals surface area contributed by atoms with Crippen molar-refractivity contribution in [3.05, 3.63) is 64.2 Å². The largest absolute Gasteiger partial charge is 0.370 e. The van der Waals surface area contributed by atoms with Crippen LogP contribution in [0, 0.1) is 6.92 Å². The van der Waals surface area contributed by atoms with Crippen LogP contribution in [-0.4, -0.2) is 7.05 Å². The summed E-state index contributed by atoms with van der Waals surface area (Å²) in [5.74, 6) is 0.525. The molecular formula is C16H17Cl2N. The highest BCUT2D eigenvalue weighted by atomic mass is 35.5. The lowest BCUT2D eigenvalue weighted by Gasteiger charge is -2.22. The second kappa shape index (κ2) is 6.31. The van der Waals surface area contributed by atoms with E-state index in [2.05, 4.69) is 43.1 Å². The molecule has 0 aromatic heterocycles. The SMILES string of the molecule is Cc1ccc(N(C)Cc2cccc(Cl)c2)c(CCl)c1. The summed E-state index contributed by atoms with van der Waals surface area (Å²) in [7, 11) is 2.07. The van der Waals surface area contributed by atoms with Crippen LogP contribution in [-0.2, 0) is 12.4 Å². The highest BCUT2D eigenvalue weighted by Gasteiger charge is 2.08. The quantitative estimate of drug-likeness (QED) is 0.715. The van der Waals surface area contributed by atoms with Gasteiger partial charge in [-0.25, -0.2) is 0 Å². The first-order chi connectivity index (χ1) is 9.10. The predicted octanol–water partition coefficient (Wildman–Crippen LogP) is 5.02. The first-order valence-electron chi connectivity index (χ1n) is 6.21. The molecule has 19 heavy (non-hydrogen) atoms. The zero-order chi connectivity index (χ0) is 13.8. The average Bonchev–Trinajstić information content (AvgIpc) is 2.38. The summed E-state index contributed by atoms with van der Waals surface area (Å²) in [5, 5.41) is 0.771. The lowest BCUT2D eigenvalue weighted by atomic mass is 10.1. The molecule has 0 unspecified atom stereocenters. The monoisotopic (exact) mass is 293 g/mol. The zero-order valence-corrected chi connectivity index (χ0v) is 12.7. The predicted molar refractivity (Wildman–Crippen MR) is 84.3 cm³/mol. The number of halogens is 2. The summed E-state index contributed by atoms with van der Waals surface area (Å²) < 4.78 is 0. The number of alkyl halides is 1. The second-order valence-corrected chi connectivity index (χ2v) is 5.46. The second-order valence-electron chi connectivity index (χ2n) is 4.75. The van der Waals surface area contributed by atoms with Crippen LogP contribution >= 0.6 is 23.2 Å². The van der Waals surface area contributed by atoms with Crippen molar-refractivity contribution in [3.63, 3.8) is 0 Å². The Morgan fingerprint density at radius 1 is 1.11 bits per heavy atom. The van der Waals surface area contributed by atoms with E-state index in [0.29, 0.717) is 5.88 Å². The van der Waals surface area contributed by atoms with Crippen LogP contribution in [0.2, 0.25) is 5.02 Å². The van der Waals surface area contributed by atoms with E-state index in [1.165, 1.54) is 16.8 Å². The molecule has 0 fully saturated rings. The van der Waals surface area contributed by atoms with Gasteiger partial charge in [0.1, 0.15) is 0 Å². The molecular weight excluding hydrogens is 277 g/mol. The van der Waals surface area contributed by atoms with Crippen LogP contribution < -0.4 is 4.90 Å². The molecule has 0 aliphatic carbocycles. The standard InChI is InChI=1S/C16H17Cl2N/c1-12-6-7-16(14(8-12)10-17)19(2)11-13-4-3-5-15(18)9-13/h3-9H,10-11H2,1-2H3. The third kappa shape index (κ3) is 3.65. The van der Waals surface area contributed by atoms with E-state index in [0.717, 1.165) is 17.1 Å². The van der Waals surface area contributed by atoms with Crippen LogP contribution in [0.15, 0.2) is 42.5 Å². The number of anilines is 1. The van der Waals surface area contributed by atoms with Crippen molar-refractivity contribution in [2.24, 2.45) is 0 Å². The van der Waals surface area contributed by atoms with Gasteiger partial charge < -0.3 is 4.90 Å². The van der Waals surface area contributed by atoms with Crippen LogP contribution in [0.1, 0.15) is 16.7 Å². The smallest absolute Gasteiger partial charge is 0.0494 e. The topological polar surface area (TPSA) is 3.24 Å². The number of nitrogens with zero attached hydrogens (tertiary/aromatic N) is 1. The lowest BCUT2D eigenvalue weighted by molar-refractivity contribution is 0.915. The first-order valence-corrected chi connectivity index (χ1v) is 7.12. The number of rotatable bonds is 4.